The molecule has 61 heavy (non-hydrogen) atoms. The summed E-state index contributed by atoms with van der Waals surface area (Å²) in [5, 5.41) is 14.4. The zero-order valence-electron chi connectivity index (χ0n) is 33.5. The van der Waals surface area contributed by atoms with Crippen molar-refractivity contribution < 1.29 is 32.3 Å². The number of rotatable bonds is 9. The average molecular weight is 844 g/mol. The van der Waals surface area contributed by atoms with E-state index < -0.39 is 27.8 Å². The van der Waals surface area contributed by atoms with Gasteiger partial charge in [-0.25, -0.2) is 46.5 Å². The van der Waals surface area contributed by atoms with Crippen molar-refractivity contribution in [2.24, 2.45) is 14.1 Å². The molecule has 21 heteroatoms. The first-order valence-corrected chi connectivity index (χ1v) is 20.0. The van der Waals surface area contributed by atoms with Gasteiger partial charge in [-0.3, -0.25) is 14.4 Å². The van der Waals surface area contributed by atoms with E-state index in [0.717, 1.165) is 26.9 Å². The number of aromatic nitrogens is 10. The summed E-state index contributed by atoms with van der Waals surface area (Å²) in [6.45, 7) is 0. The predicted molar refractivity (Wildman–Crippen MR) is 224 cm³/mol. The summed E-state index contributed by atoms with van der Waals surface area (Å²) in [5.41, 5.74) is 3.67. The molecule has 3 amide bonds. The van der Waals surface area contributed by atoms with Gasteiger partial charge in [0.25, 0.3) is 17.7 Å². The van der Waals surface area contributed by atoms with Crippen LogP contribution in [0.4, 0.5) is 11.6 Å². The number of fused-ring (bicyclic) bond motifs is 2. The lowest BCUT2D eigenvalue weighted by atomic mass is 10.0. The third-order valence-corrected chi connectivity index (χ3v) is 10.2. The van der Waals surface area contributed by atoms with Crippen molar-refractivity contribution in [1.82, 2.24) is 53.4 Å². The van der Waals surface area contributed by atoms with Gasteiger partial charge in [-0.15, -0.1) is 0 Å². The topological polar surface area (TPSA) is 247 Å². The number of nitrogens with one attached hydrogen (secondary N) is 3. The monoisotopic (exact) mass is 843 g/mol. The molecule has 0 bridgehead atoms. The van der Waals surface area contributed by atoms with Gasteiger partial charge in [-0.05, 0) is 48.5 Å². The van der Waals surface area contributed by atoms with Gasteiger partial charge in [-0.1, -0.05) is 36.4 Å². The molecule has 0 spiro atoms. The fourth-order valence-corrected chi connectivity index (χ4v) is 7.32. The highest BCUT2D eigenvalue weighted by Gasteiger charge is 2.24. The molecule has 310 valence electrons. The van der Waals surface area contributed by atoms with E-state index in [1.807, 2.05) is 30.3 Å². The number of carbonyl (C=O) groups excluding carboxylic acids is 4. The number of anilines is 2. The van der Waals surface area contributed by atoms with Crippen LogP contribution in [0.2, 0.25) is 0 Å². The second-order valence-electron chi connectivity index (χ2n) is 13.6. The molecule has 6 aromatic heterocycles. The molecule has 20 nitrogen and oxygen atoms in total. The van der Waals surface area contributed by atoms with Crippen LogP contribution in [-0.4, -0.2) is 113 Å². The summed E-state index contributed by atoms with van der Waals surface area (Å²) in [6, 6.07) is 24.2. The van der Waals surface area contributed by atoms with Crippen molar-refractivity contribution in [3.8, 4) is 22.5 Å². The normalized spacial score (nSPS) is 11.2. The highest BCUT2D eigenvalue weighted by atomic mass is 32.2. The van der Waals surface area contributed by atoms with E-state index in [9.17, 15) is 27.6 Å². The minimum atomic E-state index is -3.85. The lowest BCUT2D eigenvalue weighted by Gasteiger charge is -2.13. The molecule has 0 saturated carbocycles. The minimum absolute atomic E-state index is 0.0677. The maximum atomic E-state index is 12.7. The van der Waals surface area contributed by atoms with E-state index in [-0.39, 0.29) is 40.3 Å². The Bertz CT molecular complexity index is 3110. The van der Waals surface area contributed by atoms with Gasteiger partial charge in [0.1, 0.15) is 29.9 Å². The van der Waals surface area contributed by atoms with E-state index in [1.165, 1.54) is 29.1 Å². The maximum Gasteiger partial charge on any atom is 0.338 e. The number of aryl methyl sites for hydroxylation is 2. The van der Waals surface area contributed by atoms with Crippen LogP contribution in [0.25, 0.3) is 44.6 Å². The maximum absolute atomic E-state index is 12.7. The first-order chi connectivity index (χ1) is 29.1. The van der Waals surface area contributed by atoms with Gasteiger partial charge in [0, 0.05) is 61.3 Å². The highest BCUT2D eigenvalue weighted by molar-refractivity contribution is 7.89. The SMILES string of the molecule is CN(C)C(=O)c1ccccc1-c1cc2ccc(NC(=O)c3ncnn3C)nc2[nH]1.COC(=O)c1ccccc1-c1cc2ccc(NC(=O)c3ncnn3C)nc2n1S(C)(=O)=O. The molecule has 3 N–H and O–H groups in total. The lowest BCUT2D eigenvalue weighted by molar-refractivity contribution is 0.0601. The molecular weight excluding hydrogens is 807 g/mol. The Morgan fingerprint density at radius 3 is 1.84 bits per heavy atom. The molecule has 8 rings (SSSR count). The van der Waals surface area contributed by atoms with Crippen molar-refractivity contribution >= 4 is 67.4 Å². The smallest absolute Gasteiger partial charge is 0.338 e. The molecule has 0 radical (unpaired) electrons. The first-order valence-electron chi connectivity index (χ1n) is 18.2. The van der Waals surface area contributed by atoms with Gasteiger partial charge in [0.15, 0.2) is 5.65 Å². The minimum Gasteiger partial charge on any atom is -0.465 e. The lowest BCUT2D eigenvalue weighted by Crippen LogP contribution is -2.22. The molecule has 0 aliphatic heterocycles. The quantitative estimate of drug-likeness (QED) is 0.174. The van der Waals surface area contributed by atoms with Crippen molar-refractivity contribution in [2.45, 2.75) is 0 Å². The van der Waals surface area contributed by atoms with Crippen LogP contribution >= 0.6 is 0 Å². The molecule has 0 unspecified atom stereocenters. The number of ether oxygens (including phenoxy) is 1. The zero-order chi connectivity index (χ0) is 43.6. The van der Waals surface area contributed by atoms with Gasteiger partial charge in [0.2, 0.25) is 21.7 Å². The summed E-state index contributed by atoms with van der Waals surface area (Å²) in [6.07, 6.45) is 3.59. The van der Waals surface area contributed by atoms with Crippen molar-refractivity contribution in [3.05, 3.63) is 120 Å². The number of nitrogens with zero attached hydrogens (tertiary/aromatic N) is 10. The number of hydrogen-bond acceptors (Lipinski definition) is 13. The van der Waals surface area contributed by atoms with Gasteiger partial charge >= 0.3 is 5.97 Å². The molecule has 0 saturated heterocycles. The molecule has 0 atom stereocenters. The molecule has 2 aromatic carbocycles. The van der Waals surface area contributed by atoms with E-state index in [1.54, 1.807) is 87.7 Å². The van der Waals surface area contributed by atoms with E-state index in [4.69, 9.17) is 4.74 Å². The summed E-state index contributed by atoms with van der Waals surface area (Å²) < 4.78 is 34.0. The van der Waals surface area contributed by atoms with E-state index >= 15 is 0 Å². The third kappa shape index (κ3) is 8.43. The third-order valence-electron chi connectivity index (χ3n) is 9.19. The Labute approximate surface area is 347 Å². The number of benzene rings is 2. The second-order valence-corrected chi connectivity index (χ2v) is 15.4. The number of aromatic amines is 1. The predicted octanol–water partition coefficient (Wildman–Crippen LogP) is 3.99. The Morgan fingerprint density at radius 1 is 0.721 bits per heavy atom. The zero-order valence-corrected chi connectivity index (χ0v) is 34.3. The van der Waals surface area contributed by atoms with Crippen LogP contribution in [0.5, 0.6) is 0 Å². The fourth-order valence-electron chi connectivity index (χ4n) is 6.36. The standard InChI is InChI=1S/C20H19N7O2.C20H18N6O5S/c1-26(2)20(29)14-7-5-4-6-13(14)15-10-12-8-9-16(24-17(12)23-15)25-19(28)18-21-11-22-27(18)3;1-25-18(21-11-22-25)19(27)24-16-9-8-12-10-15(26(17(12)23-16)32(3,29)30)13-6-4-5-7-14(13)20(28)31-2/h4-11H,1-3H3,(H2,23,24,25,28);4-11H,1-3H3,(H,23,24,27). The van der Waals surface area contributed by atoms with E-state index in [2.05, 4.69) is 45.8 Å². The van der Waals surface area contributed by atoms with Crippen LogP contribution in [0.15, 0.2) is 97.6 Å². The van der Waals surface area contributed by atoms with E-state index in [0.29, 0.717) is 28.0 Å². The number of H-pyrrole nitrogens is 1. The second kappa shape index (κ2) is 16.7. The molecule has 0 aliphatic rings. The van der Waals surface area contributed by atoms with Gasteiger partial charge in [-0.2, -0.15) is 10.2 Å². The summed E-state index contributed by atoms with van der Waals surface area (Å²) in [7, 11) is 4.05. The summed E-state index contributed by atoms with van der Waals surface area (Å²) in [5.74, 6) is -0.860. The Morgan fingerprint density at radius 2 is 1.28 bits per heavy atom. The van der Waals surface area contributed by atoms with Crippen LogP contribution < -0.4 is 10.6 Å². The largest absolute Gasteiger partial charge is 0.465 e. The van der Waals surface area contributed by atoms with Gasteiger partial charge < -0.3 is 25.3 Å². The number of amides is 3. The Kier molecular flexibility index (Phi) is 11.2. The van der Waals surface area contributed by atoms with Crippen LogP contribution in [-0.2, 0) is 28.9 Å². The van der Waals surface area contributed by atoms with Crippen molar-refractivity contribution in [1.29, 1.82) is 0 Å². The number of hydrogen-bond donors (Lipinski definition) is 3. The molecular formula is C40H37N13O7S. The molecule has 8 aromatic rings. The fraction of sp³-hybridized carbons (Fsp3) is 0.150. The number of methoxy groups -OCH3 is 1. The number of pyridine rings is 2. The highest BCUT2D eigenvalue weighted by Crippen LogP contribution is 2.32. The average Bonchev–Trinajstić information content (AvgIpc) is 4.05. The van der Waals surface area contributed by atoms with Crippen LogP contribution in [0.3, 0.4) is 0 Å². The Hall–Kier alpha value is -8.07. The summed E-state index contributed by atoms with van der Waals surface area (Å²) >= 11 is 0. The van der Waals surface area contributed by atoms with Crippen LogP contribution in [0.1, 0.15) is 42.0 Å². The van der Waals surface area contributed by atoms with Crippen molar-refractivity contribution in [3.63, 3.8) is 0 Å². The molecule has 6 heterocycles. The molecule has 0 fully saturated rings. The van der Waals surface area contributed by atoms with Crippen LogP contribution in [0, 0.1) is 0 Å². The number of esters is 1. The van der Waals surface area contributed by atoms with Gasteiger partial charge in [0.05, 0.1) is 24.6 Å². The van der Waals surface area contributed by atoms with Crippen molar-refractivity contribution in [2.75, 3.05) is 38.1 Å². The first kappa shape index (κ1) is 41.1. The summed E-state index contributed by atoms with van der Waals surface area (Å²) in [4.78, 5) is 70.9. The Balaban J connectivity index is 0.000000185. The number of carbonyl (C=O) groups is 4. The molecule has 0 aliphatic carbocycles.